The fourth-order valence-corrected chi connectivity index (χ4v) is 2.25. The van der Waals surface area contributed by atoms with Crippen molar-refractivity contribution in [2.75, 3.05) is 0 Å². The molecule has 3 aromatic rings. The van der Waals surface area contributed by atoms with Gasteiger partial charge in [0, 0.05) is 0 Å². The molecule has 3 heteroatoms. The smallest absolute Gasteiger partial charge is 0.876 e. The molecule has 0 bridgehead atoms. The monoisotopic (exact) mass is 367 g/mol. The maximum atomic E-state index is 9.33. The molecule has 0 saturated heterocycles. The van der Waals surface area contributed by atoms with Gasteiger partial charge in [0.1, 0.15) is 0 Å². The van der Waals surface area contributed by atoms with E-state index in [0.717, 1.165) is 0 Å². The number of aryl methyl sites for hydroxylation is 1. The molecular formula is C22H23O2Ti. The average molecular weight is 367 g/mol. The van der Waals surface area contributed by atoms with Crippen LogP contribution in [0.1, 0.15) is 19.4 Å². The number of fused-ring (bicyclic) bond motifs is 1. The number of hydrogen-bond donors (Lipinski definition) is 0. The molecule has 0 spiro atoms. The van der Waals surface area contributed by atoms with E-state index in [9.17, 15) is 10.2 Å². The first-order valence-corrected chi connectivity index (χ1v) is 7.67. The molecule has 0 amide bonds. The fraction of sp³-hybridized carbons (Fsp3) is 0.136. The van der Waals surface area contributed by atoms with E-state index in [2.05, 4.69) is 80.7 Å². The first kappa shape index (κ1) is 22.8. The Balaban J connectivity index is 0.000000549. The van der Waals surface area contributed by atoms with Gasteiger partial charge in [-0.1, -0.05) is 62.7 Å². The summed E-state index contributed by atoms with van der Waals surface area (Å²) in [6, 6.07) is 21.6. The molecule has 0 aromatic heterocycles. The molecule has 0 aliphatic rings. The largest absolute Gasteiger partial charge is 3.00 e. The summed E-state index contributed by atoms with van der Waals surface area (Å²) in [5.74, 6) is -0.167. The third kappa shape index (κ3) is 8.48. The Morgan fingerprint density at radius 3 is 1.92 bits per heavy atom. The quantitative estimate of drug-likeness (QED) is 0.366. The molecule has 25 heavy (non-hydrogen) atoms. The summed E-state index contributed by atoms with van der Waals surface area (Å²) in [5, 5.41) is 21.4. The third-order valence-electron chi connectivity index (χ3n) is 2.98. The van der Waals surface area contributed by atoms with E-state index in [1.54, 1.807) is 0 Å². The number of hydrogen-bond acceptors (Lipinski definition) is 2. The number of rotatable bonds is 1. The van der Waals surface area contributed by atoms with Gasteiger partial charge in [0.2, 0.25) is 0 Å². The van der Waals surface area contributed by atoms with Crippen molar-refractivity contribution in [2.24, 2.45) is 0 Å². The maximum Gasteiger partial charge on any atom is 3.00 e. The van der Waals surface area contributed by atoms with Gasteiger partial charge in [0.05, 0.1) is 0 Å². The molecule has 0 unspecified atom stereocenters. The van der Waals surface area contributed by atoms with Crippen LogP contribution in [0.3, 0.4) is 0 Å². The Hall–Kier alpha value is -2.16. The molecule has 0 N–H and O–H groups in total. The van der Waals surface area contributed by atoms with Gasteiger partial charge >= 0.3 is 21.7 Å². The van der Waals surface area contributed by atoms with Gasteiger partial charge in [-0.05, 0) is 5.56 Å². The Bertz CT molecular complexity index is 781. The molecule has 3 rings (SSSR count). The van der Waals surface area contributed by atoms with E-state index in [1.807, 2.05) is 0 Å². The maximum absolute atomic E-state index is 9.33. The Morgan fingerprint density at radius 1 is 0.880 bits per heavy atom. The van der Waals surface area contributed by atoms with Crippen LogP contribution in [0.15, 0.2) is 85.3 Å². The van der Waals surface area contributed by atoms with Crippen LogP contribution in [0, 0.1) is 6.92 Å². The molecule has 0 aliphatic heterocycles. The Morgan fingerprint density at radius 2 is 1.40 bits per heavy atom. The second-order valence-electron chi connectivity index (χ2n) is 5.61. The van der Waals surface area contributed by atoms with Crippen LogP contribution in [-0.4, -0.2) is 0 Å². The molecule has 127 valence electrons. The van der Waals surface area contributed by atoms with Crippen LogP contribution in [0.4, 0.5) is 0 Å². The van der Waals surface area contributed by atoms with E-state index in [4.69, 9.17) is 0 Å². The summed E-state index contributed by atoms with van der Waals surface area (Å²) in [6.45, 7) is 11.0. The van der Waals surface area contributed by atoms with Crippen molar-refractivity contribution in [3.05, 3.63) is 90.9 Å². The first-order valence-electron chi connectivity index (χ1n) is 7.67. The van der Waals surface area contributed by atoms with Crippen LogP contribution in [0.5, 0.6) is 0 Å². The SMILES string of the molecule is C=C(C)[O-].C=C(C)[O-].Cc1cc2c(-c3ccccc3)cccc2[cH-]1.[Ti+3]. The van der Waals surface area contributed by atoms with Gasteiger partial charge in [-0.3, -0.25) is 0 Å². The van der Waals surface area contributed by atoms with Crippen LogP contribution in [0.25, 0.3) is 21.9 Å². The van der Waals surface area contributed by atoms with Crippen molar-refractivity contribution in [1.29, 1.82) is 0 Å². The minimum Gasteiger partial charge on any atom is -0.876 e. The van der Waals surface area contributed by atoms with Crippen molar-refractivity contribution < 1.29 is 31.9 Å². The van der Waals surface area contributed by atoms with E-state index in [-0.39, 0.29) is 33.2 Å². The molecule has 0 atom stereocenters. The van der Waals surface area contributed by atoms with Crippen LogP contribution in [0.2, 0.25) is 0 Å². The number of allylic oxidation sites excluding steroid dienone is 2. The second kappa shape index (κ2) is 11.4. The number of benzene rings is 2. The van der Waals surface area contributed by atoms with Crippen molar-refractivity contribution in [1.82, 2.24) is 0 Å². The van der Waals surface area contributed by atoms with Crippen molar-refractivity contribution in [3.8, 4) is 11.1 Å². The summed E-state index contributed by atoms with van der Waals surface area (Å²) in [6.07, 6.45) is 0. The van der Waals surface area contributed by atoms with Crippen molar-refractivity contribution in [3.63, 3.8) is 0 Å². The van der Waals surface area contributed by atoms with Gasteiger partial charge in [-0.25, -0.2) is 0 Å². The predicted molar refractivity (Wildman–Crippen MR) is 99.3 cm³/mol. The molecule has 0 saturated carbocycles. The molecule has 3 aromatic carbocycles. The standard InChI is InChI=1S/C16H13.2C3H6O.Ti/c1-12-10-14-8-5-9-15(16(14)11-12)13-6-3-2-4-7-13;2*1-3(2)4;/h2-11H,1H3;2*4H,1H2,2H3;/q-1;;;+3/p-2. The Labute approximate surface area is 165 Å². The minimum atomic E-state index is -0.0833. The van der Waals surface area contributed by atoms with E-state index < -0.39 is 0 Å². The van der Waals surface area contributed by atoms with Crippen LogP contribution < -0.4 is 10.2 Å². The van der Waals surface area contributed by atoms with Gasteiger partial charge in [0.15, 0.2) is 0 Å². The fourth-order valence-electron chi connectivity index (χ4n) is 2.25. The van der Waals surface area contributed by atoms with E-state index in [0.29, 0.717) is 0 Å². The van der Waals surface area contributed by atoms with E-state index in [1.165, 1.54) is 41.3 Å². The molecule has 0 heterocycles. The zero-order chi connectivity index (χ0) is 18.1. The second-order valence-corrected chi connectivity index (χ2v) is 5.61. The molecule has 0 aliphatic carbocycles. The van der Waals surface area contributed by atoms with Crippen molar-refractivity contribution in [2.45, 2.75) is 20.8 Å². The van der Waals surface area contributed by atoms with Gasteiger partial charge < -0.3 is 10.2 Å². The van der Waals surface area contributed by atoms with E-state index >= 15 is 0 Å². The topological polar surface area (TPSA) is 46.1 Å². The normalized spacial score (nSPS) is 8.92. The van der Waals surface area contributed by atoms with Gasteiger partial charge in [0.25, 0.3) is 0 Å². The predicted octanol–water partition coefficient (Wildman–Crippen LogP) is 4.29. The van der Waals surface area contributed by atoms with Gasteiger partial charge in [-0.15, -0.1) is 59.2 Å². The van der Waals surface area contributed by atoms with Crippen molar-refractivity contribution >= 4 is 10.8 Å². The summed E-state index contributed by atoms with van der Waals surface area (Å²) in [4.78, 5) is 0. The van der Waals surface area contributed by atoms with Crippen LogP contribution >= 0.6 is 0 Å². The molecule has 2 nitrogen and oxygen atoms in total. The molecule has 1 radical (unpaired) electrons. The molecule has 0 fully saturated rings. The summed E-state index contributed by atoms with van der Waals surface area (Å²) >= 11 is 0. The summed E-state index contributed by atoms with van der Waals surface area (Å²) in [5.41, 5.74) is 3.95. The van der Waals surface area contributed by atoms with Crippen LogP contribution in [-0.2, 0) is 21.7 Å². The Kier molecular flexibility index (Phi) is 10.4. The zero-order valence-corrected chi connectivity index (χ0v) is 16.6. The molecular weight excluding hydrogens is 344 g/mol. The van der Waals surface area contributed by atoms with Gasteiger partial charge in [-0.2, -0.15) is 6.07 Å². The summed E-state index contributed by atoms with van der Waals surface area (Å²) < 4.78 is 0. The third-order valence-corrected chi connectivity index (χ3v) is 2.98. The minimum absolute atomic E-state index is 0. The first-order chi connectivity index (χ1) is 11.3. The average Bonchev–Trinajstić information content (AvgIpc) is 2.87. The summed E-state index contributed by atoms with van der Waals surface area (Å²) in [7, 11) is 0. The zero-order valence-electron chi connectivity index (χ0n) is 15.0.